The van der Waals surface area contributed by atoms with Crippen LogP contribution in [-0.4, -0.2) is 29.9 Å². The number of hydrogen-bond acceptors (Lipinski definition) is 6. The van der Waals surface area contributed by atoms with E-state index in [1.54, 1.807) is 31.1 Å². The van der Waals surface area contributed by atoms with Gasteiger partial charge >= 0.3 is 5.69 Å². The fourth-order valence-electron chi connectivity index (χ4n) is 3.01. The van der Waals surface area contributed by atoms with Crippen molar-refractivity contribution in [1.29, 1.82) is 0 Å². The molecular weight excluding hydrogens is 346 g/mol. The lowest BCUT2D eigenvalue weighted by Gasteiger charge is -2.03. The fourth-order valence-corrected chi connectivity index (χ4v) is 3.01. The molecule has 4 rings (SSSR count). The second kappa shape index (κ2) is 6.20. The smallest absolute Gasteiger partial charge is 0.306 e. The molecule has 0 unspecified atom stereocenters. The number of nitrogens with one attached hydrogen (secondary N) is 1. The van der Waals surface area contributed by atoms with Crippen LogP contribution in [0.15, 0.2) is 51.2 Å². The first-order valence-electron chi connectivity index (χ1n) is 8.24. The summed E-state index contributed by atoms with van der Waals surface area (Å²) in [5, 5.41) is 5.22. The van der Waals surface area contributed by atoms with E-state index >= 15 is 0 Å². The van der Waals surface area contributed by atoms with Crippen molar-refractivity contribution in [3.05, 3.63) is 62.9 Å². The zero-order chi connectivity index (χ0) is 19.1. The van der Waals surface area contributed by atoms with Gasteiger partial charge < -0.3 is 4.57 Å². The van der Waals surface area contributed by atoms with Gasteiger partial charge in [-0.1, -0.05) is 18.2 Å². The number of benzene rings is 1. The Bertz CT molecular complexity index is 1320. The van der Waals surface area contributed by atoms with Crippen molar-refractivity contribution in [1.82, 2.24) is 23.7 Å². The Morgan fingerprint density at radius 3 is 2.63 bits per heavy atom. The Balaban J connectivity index is 1.74. The maximum Gasteiger partial charge on any atom is 0.332 e. The van der Waals surface area contributed by atoms with Gasteiger partial charge in [0.25, 0.3) is 5.56 Å². The molecule has 0 amide bonds. The summed E-state index contributed by atoms with van der Waals surface area (Å²) in [6, 6.07) is 9.64. The molecule has 1 N–H and O–H groups in total. The van der Waals surface area contributed by atoms with E-state index in [9.17, 15) is 9.59 Å². The molecule has 0 radical (unpaired) electrons. The van der Waals surface area contributed by atoms with Crippen molar-refractivity contribution in [3.63, 3.8) is 0 Å². The molecule has 0 bridgehead atoms. The SMILES string of the molecule is Cn1c(=O)c2c(nc(N/N=C\c3ccnc4ccccc34)n2C)n(C)c1=O. The quantitative estimate of drug-likeness (QED) is 0.432. The molecule has 3 heterocycles. The van der Waals surface area contributed by atoms with Crippen molar-refractivity contribution in [2.24, 2.45) is 26.2 Å². The summed E-state index contributed by atoms with van der Waals surface area (Å²) in [5.74, 6) is 0.359. The molecule has 0 saturated heterocycles. The van der Waals surface area contributed by atoms with Crippen molar-refractivity contribution >= 4 is 34.2 Å². The lowest BCUT2D eigenvalue weighted by Crippen LogP contribution is -2.37. The van der Waals surface area contributed by atoms with Crippen molar-refractivity contribution < 1.29 is 0 Å². The molecule has 3 aromatic heterocycles. The second-order valence-electron chi connectivity index (χ2n) is 6.16. The van der Waals surface area contributed by atoms with Crippen LogP contribution in [0.1, 0.15) is 5.56 Å². The molecule has 136 valence electrons. The normalized spacial score (nSPS) is 11.7. The minimum atomic E-state index is -0.427. The van der Waals surface area contributed by atoms with Crippen LogP contribution in [0.5, 0.6) is 0 Å². The minimum absolute atomic E-state index is 0.303. The predicted molar refractivity (Wildman–Crippen MR) is 104 cm³/mol. The van der Waals surface area contributed by atoms with Crippen LogP contribution >= 0.6 is 0 Å². The van der Waals surface area contributed by atoms with Gasteiger partial charge in [0.15, 0.2) is 11.2 Å². The topological polar surface area (TPSA) is 99.1 Å². The van der Waals surface area contributed by atoms with E-state index in [1.165, 1.54) is 11.6 Å². The average Bonchev–Trinajstić information content (AvgIpc) is 3.01. The molecule has 1 aromatic carbocycles. The molecule has 0 aliphatic carbocycles. The summed E-state index contributed by atoms with van der Waals surface area (Å²) in [6.45, 7) is 0. The Kier molecular flexibility index (Phi) is 3.84. The number of hydrazone groups is 1. The number of imidazole rings is 1. The molecular formula is C18H17N7O2. The van der Waals surface area contributed by atoms with Crippen LogP contribution in [0.2, 0.25) is 0 Å². The third kappa shape index (κ3) is 2.60. The second-order valence-corrected chi connectivity index (χ2v) is 6.16. The summed E-state index contributed by atoms with van der Waals surface area (Å²) in [7, 11) is 4.71. The van der Waals surface area contributed by atoms with Gasteiger partial charge in [0.1, 0.15) is 0 Å². The fraction of sp³-hybridized carbons (Fsp3) is 0.167. The Hall–Kier alpha value is -3.75. The van der Waals surface area contributed by atoms with Gasteiger partial charge in [-0.3, -0.25) is 18.9 Å². The van der Waals surface area contributed by atoms with E-state index in [-0.39, 0.29) is 0 Å². The van der Waals surface area contributed by atoms with Crippen LogP contribution in [0.25, 0.3) is 22.1 Å². The summed E-state index contributed by atoms with van der Waals surface area (Å²) in [5.41, 5.74) is 4.42. The van der Waals surface area contributed by atoms with E-state index in [4.69, 9.17) is 0 Å². The number of aryl methyl sites for hydroxylation is 2. The highest BCUT2D eigenvalue weighted by molar-refractivity contribution is 5.98. The number of aromatic nitrogens is 5. The molecule has 0 aliphatic heterocycles. The maximum absolute atomic E-state index is 12.4. The first kappa shape index (κ1) is 16.7. The monoisotopic (exact) mass is 363 g/mol. The average molecular weight is 363 g/mol. The van der Waals surface area contributed by atoms with Crippen LogP contribution in [0.4, 0.5) is 5.95 Å². The van der Waals surface area contributed by atoms with Crippen LogP contribution in [0.3, 0.4) is 0 Å². The third-order valence-electron chi connectivity index (χ3n) is 4.53. The van der Waals surface area contributed by atoms with Gasteiger partial charge in [-0.2, -0.15) is 10.1 Å². The minimum Gasteiger partial charge on any atom is -0.306 e. The molecule has 9 heteroatoms. The highest BCUT2D eigenvalue weighted by Crippen LogP contribution is 2.15. The Labute approximate surface area is 153 Å². The molecule has 9 nitrogen and oxygen atoms in total. The Morgan fingerprint density at radius 1 is 1.04 bits per heavy atom. The summed E-state index contributed by atoms with van der Waals surface area (Å²) in [6.07, 6.45) is 3.39. The number of hydrogen-bond donors (Lipinski definition) is 1. The highest BCUT2D eigenvalue weighted by atomic mass is 16.2. The van der Waals surface area contributed by atoms with Crippen LogP contribution < -0.4 is 16.7 Å². The van der Waals surface area contributed by atoms with E-state index in [0.717, 1.165) is 21.0 Å². The molecule has 0 atom stereocenters. The zero-order valence-corrected chi connectivity index (χ0v) is 15.0. The molecule has 0 saturated carbocycles. The number of nitrogens with zero attached hydrogens (tertiary/aromatic N) is 6. The lowest BCUT2D eigenvalue weighted by molar-refractivity contribution is 0.705. The molecule has 4 aromatic rings. The first-order valence-corrected chi connectivity index (χ1v) is 8.24. The van der Waals surface area contributed by atoms with Gasteiger partial charge in [-0.15, -0.1) is 0 Å². The number of anilines is 1. The van der Waals surface area contributed by atoms with Crippen molar-refractivity contribution in [2.45, 2.75) is 0 Å². The van der Waals surface area contributed by atoms with Gasteiger partial charge in [-0.05, 0) is 12.1 Å². The Morgan fingerprint density at radius 2 is 1.81 bits per heavy atom. The van der Waals surface area contributed by atoms with Crippen molar-refractivity contribution in [2.75, 3.05) is 5.43 Å². The maximum atomic E-state index is 12.4. The highest BCUT2D eigenvalue weighted by Gasteiger charge is 2.16. The molecule has 0 aliphatic rings. The summed E-state index contributed by atoms with van der Waals surface area (Å²) < 4.78 is 3.97. The van der Waals surface area contributed by atoms with Gasteiger partial charge in [-0.25, -0.2) is 10.2 Å². The number of fused-ring (bicyclic) bond motifs is 2. The number of rotatable bonds is 3. The lowest BCUT2D eigenvalue weighted by atomic mass is 10.1. The molecule has 0 fully saturated rings. The predicted octanol–water partition coefficient (Wildman–Crippen LogP) is 0.965. The van der Waals surface area contributed by atoms with Gasteiger partial charge in [0.2, 0.25) is 5.95 Å². The molecule has 0 spiro atoms. The third-order valence-corrected chi connectivity index (χ3v) is 4.53. The van der Waals surface area contributed by atoms with Gasteiger partial charge in [0.05, 0.1) is 11.7 Å². The number of pyridine rings is 1. The van der Waals surface area contributed by atoms with E-state index in [1.807, 2.05) is 30.3 Å². The zero-order valence-electron chi connectivity index (χ0n) is 15.0. The van der Waals surface area contributed by atoms with E-state index in [0.29, 0.717) is 17.1 Å². The van der Waals surface area contributed by atoms with Gasteiger partial charge in [0, 0.05) is 38.3 Å². The molecule has 27 heavy (non-hydrogen) atoms. The van der Waals surface area contributed by atoms with Crippen molar-refractivity contribution in [3.8, 4) is 0 Å². The number of para-hydroxylation sites is 1. The standard InChI is InChI=1S/C18H17N7O2/c1-23-14-15(24(2)18(27)25(3)16(14)26)21-17(23)22-20-10-11-8-9-19-13-7-5-4-6-12(11)13/h4-10H,1-3H3,(H,21,22)/b20-10-. The summed E-state index contributed by atoms with van der Waals surface area (Å²) >= 11 is 0. The van der Waals surface area contributed by atoms with E-state index in [2.05, 4.69) is 20.5 Å². The van der Waals surface area contributed by atoms with Crippen LogP contribution in [0, 0.1) is 0 Å². The summed E-state index contributed by atoms with van der Waals surface area (Å²) in [4.78, 5) is 33.1. The van der Waals surface area contributed by atoms with Crippen LogP contribution in [-0.2, 0) is 21.1 Å². The largest absolute Gasteiger partial charge is 0.332 e. The van der Waals surface area contributed by atoms with E-state index < -0.39 is 11.2 Å². The first-order chi connectivity index (χ1) is 13.0.